The van der Waals surface area contributed by atoms with Gasteiger partial charge in [-0.15, -0.1) is 11.3 Å². The van der Waals surface area contributed by atoms with E-state index >= 15 is 0 Å². The fraction of sp³-hybridized carbons (Fsp3) is 0.435. The number of rotatable bonds is 9. The lowest BCUT2D eigenvalue weighted by molar-refractivity contribution is -0.385. The van der Waals surface area contributed by atoms with E-state index in [2.05, 4.69) is 0 Å². The Morgan fingerprint density at radius 2 is 1.91 bits per heavy atom. The van der Waals surface area contributed by atoms with E-state index < -0.39 is 16.5 Å². The number of thiazole rings is 1. The second kappa shape index (κ2) is 11.6. The second-order valence-corrected chi connectivity index (χ2v) is 8.59. The van der Waals surface area contributed by atoms with Crippen molar-refractivity contribution < 1.29 is 19.2 Å². The number of hydrogen-bond donors (Lipinski definition) is 0. The molecule has 0 bridgehead atoms. The van der Waals surface area contributed by atoms with Crippen LogP contribution in [0.25, 0.3) is 12.2 Å². The molecule has 0 atom stereocenters. The minimum atomic E-state index is -0.619. The summed E-state index contributed by atoms with van der Waals surface area (Å²) in [7, 11) is 0. The number of benzene rings is 1. The number of amides is 1. The lowest BCUT2D eigenvalue weighted by atomic mass is 9.99. The summed E-state index contributed by atoms with van der Waals surface area (Å²) in [6.45, 7) is 10.0. The molecule has 0 aliphatic rings. The van der Waals surface area contributed by atoms with E-state index in [1.165, 1.54) is 22.8 Å². The SMILES string of the molecule is CCOC(=O)/C=c1\s/c(=C\c2ccc(C(C)C)c([N+](=O)[O-])c2)c(=O)n1CC(=O)N(CC)CC. The van der Waals surface area contributed by atoms with Crippen LogP contribution in [0.1, 0.15) is 51.7 Å². The predicted octanol–water partition coefficient (Wildman–Crippen LogP) is 1.98. The van der Waals surface area contributed by atoms with Crippen molar-refractivity contribution >= 4 is 41.1 Å². The van der Waals surface area contributed by atoms with Crippen LogP contribution in [0.4, 0.5) is 5.69 Å². The molecule has 0 N–H and O–H groups in total. The van der Waals surface area contributed by atoms with Crippen LogP contribution in [0, 0.1) is 10.1 Å². The first-order valence-corrected chi connectivity index (χ1v) is 11.6. The topological polar surface area (TPSA) is 112 Å². The van der Waals surface area contributed by atoms with Gasteiger partial charge >= 0.3 is 5.97 Å². The van der Waals surface area contributed by atoms with Gasteiger partial charge in [-0.1, -0.05) is 26.0 Å². The first-order valence-electron chi connectivity index (χ1n) is 10.8. The lowest BCUT2D eigenvalue weighted by Gasteiger charge is -2.18. The number of aromatic nitrogens is 1. The van der Waals surface area contributed by atoms with E-state index in [-0.39, 0.29) is 39.9 Å². The summed E-state index contributed by atoms with van der Waals surface area (Å²) in [5, 5.41) is 11.5. The minimum Gasteiger partial charge on any atom is -0.463 e. The van der Waals surface area contributed by atoms with E-state index in [9.17, 15) is 24.5 Å². The summed E-state index contributed by atoms with van der Waals surface area (Å²) in [6, 6.07) is 4.81. The molecule has 0 saturated heterocycles. The van der Waals surface area contributed by atoms with Crippen LogP contribution in [0.2, 0.25) is 0 Å². The van der Waals surface area contributed by atoms with Gasteiger partial charge in [-0.25, -0.2) is 4.79 Å². The summed E-state index contributed by atoms with van der Waals surface area (Å²) in [6.07, 6.45) is 2.72. The average molecular weight is 476 g/mol. The summed E-state index contributed by atoms with van der Waals surface area (Å²) in [5.74, 6) is -0.900. The van der Waals surface area contributed by atoms with E-state index in [4.69, 9.17) is 4.74 Å². The van der Waals surface area contributed by atoms with Crippen LogP contribution < -0.4 is 14.8 Å². The molecule has 0 spiro atoms. The molecule has 1 aromatic heterocycles. The van der Waals surface area contributed by atoms with Gasteiger partial charge in [0.1, 0.15) is 11.2 Å². The number of nitro benzene ring substituents is 1. The van der Waals surface area contributed by atoms with Gasteiger partial charge in [-0.05, 0) is 38.3 Å². The molecular formula is C23H29N3O6S. The first-order chi connectivity index (χ1) is 15.6. The molecule has 0 aliphatic carbocycles. The zero-order valence-electron chi connectivity index (χ0n) is 19.5. The maximum Gasteiger partial charge on any atom is 0.333 e. The van der Waals surface area contributed by atoms with Crippen molar-refractivity contribution in [2.75, 3.05) is 19.7 Å². The Balaban J connectivity index is 2.66. The zero-order chi connectivity index (χ0) is 24.7. The normalized spacial score (nSPS) is 12.3. The van der Waals surface area contributed by atoms with Crippen molar-refractivity contribution in [2.45, 2.75) is 47.1 Å². The number of carbonyl (C=O) groups excluding carboxylic acids is 2. The molecule has 1 aromatic carbocycles. The average Bonchev–Trinajstić information content (AvgIpc) is 3.03. The number of nitro groups is 1. The monoisotopic (exact) mass is 475 g/mol. The fourth-order valence-corrected chi connectivity index (χ4v) is 4.37. The Hall–Kier alpha value is -3.27. The Labute approximate surface area is 195 Å². The van der Waals surface area contributed by atoms with E-state index in [1.807, 2.05) is 27.7 Å². The molecule has 0 aliphatic heterocycles. The summed E-state index contributed by atoms with van der Waals surface area (Å²) < 4.78 is 6.73. The van der Waals surface area contributed by atoms with Gasteiger partial charge in [0.2, 0.25) is 5.91 Å². The second-order valence-electron chi connectivity index (χ2n) is 7.53. The number of ether oxygens (including phenoxy) is 1. The van der Waals surface area contributed by atoms with E-state index in [0.717, 1.165) is 11.3 Å². The van der Waals surface area contributed by atoms with Crippen molar-refractivity contribution in [3.63, 3.8) is 0 Å². The highest BCUT2D eigenvalue weighted by Crippen LogP contribution is 2.27. The molecule has 33 heavy (non-hydrogen) atoms. The standard InChI is InChI=1S/C23H29N3O6S/c1-6-24(7-2)20(27)14-25-21(13-22(28)32-8-3)33-19(23(25)29)12-16-9-10-17(15(4)5)18(11-16)26(30)31/h9-13,15H,6-8,14H2,1-5H3/b19-12-,21-13-. The van der Waals surface area contributed by atoms with Gasteiger partial charge in [0.15, 0.2) is 0 Å². The van der Waals surface area contributed by atoms with Gasteiger partial charge in [0.05, 0.1) is 22.1 Å². The van der Waals surface area contributed by atoms with Gasteiger partial charge in [0.25, 0.3) is 11.2 Å². The highest BCUT2D eigenvalue weighted by molar-refractivity contribution is 7.07. The molecule has 178 valence electrons. The highest BCUT2D eigenvalue weighted by atomic mass is 32.1. The van der Waals surface area contributed by atoms with Gasteiger partial charge in [-0.2, -0.15) is 0 Å². The molecule has 0 unspecified atom stereocenters. The molecule has 1 heterocycles. The number of likely N-dealkylation sites (N-methyl/N-ethyl adjacent to an activating group) is 1. The van der Waals surface area contributed by atoms with Gasteiger partial charge < -0.3 is 9.64 Å². The molecule has 9 nitrogen and oxygen atoms in total. The number of esters is 1. The predicted molar refractivity (Wildman–Crippen MR) is 128 cm³/mol. The Morgan fingerprint density at radius 3 is 2.45 bits per heavy atom. The van der Waals surface area contributed by atoms with Crippen LogP contribution >= 0.6 is 11.3 Å². The van der Waals surface area contributed by atoms with Gasteiger partial charge in [0, 0.05) is 24.7 Å². The molecule has 2 rings (SSSR count). The third-order valence-corrected chi connectivity index (χ3v) is 6.10. The first kappa shape index (κ1) is 26.0. The van der Waals surface area contributed by atoms with Crippen molar-refractivity contribution in [3.8, 4) is 0 Å². The maximum absolute atomic E-state index is 13.1. The lowest BCUT2D eigenvalue weighted by Crippen LogP contribution is -2.40. The van der Waals surface area contributed by atoms with Crippen molar-refractivity contribution in [3.05, 3.63) is 59.0 Å². The molecule has 0 radical (unpaired) electrons. The Kier molecular flexibility index (Phi) is 9.10. The number of nitrogens with zero attached hydrogens (tertiary/aromatic N) is 3. The third-order valence-electron chi connectivity index (χ3n) is 5.04. The van der Waals surface area contributed by atoms with Crippen LogP contribution in [0.3, 0.4) is 0 Å². The summed E-state index contributed by atoms with van der Waals surface area (Å²) >= 11 is 1.03. The largest absolute Gasteiger partial charge is 0.463 e. The third kappa shape index (κ3) is 6.38. The molecule has 10 heteroatoms. The Morgan fingerprint density at radius 1 is 1.24 bits per heavy atom. The number of hydrogen-bond acceptors (Lipinski definition) is 7. The smallest absolute Gasteiger partial charge is 0.333 e. The summed E-state index contributed by atoms with van der Waals surface area (Å²) in [5.41, 5.74) is 0.605. The fourth-order valence-electron chi connectivity index (χ4n) is 3.34. The molecule has 1 amide bonds. The maximum atomic E-state index is 13.1. The molecular weight excluding hydrogens is 446 g/mol. The Bertz CT molecular complexity index is 1210. The molecule has 2 aromatic rings. The quantitative estimate of drug-likeness (QED) is 0.311. The van der Waals surface area contributed by atoms with Crippen LogP contribution in [0.5, 0.6) is 0 Å². The van der Waals surface area contributed by atoms with Crippen molar-refractivity contribution in [1.29, 1.82) is 0 Å². The molecule has 0 saturated carbocycles. The highest BCUT2D eigenvalue weighted by Gasteiger charge is 2.18. The van der Waals surface area contributed by atoms with Crippen molar-refractivity contribution in [2.24, 2.45) is 0 Å². The van der Waals surface area contributed by atoms with Crippen LogP contribution in [-0.2, 0) is 20.9 Å². The van der Waals surface area contributed by atoms with Gasteiger partial charge in [-0.3, -0.25) is 24.3 Å². The van der Waals surface area contributed by atoms with E-state index in [1.54, 1.807) is 24.0 Å². The number of carbonyl (C=O) groups is 2. The van der Waals surface area contributed by atoms with Crippen LogP contribution in [0.15, 0.2) is 23.0 Å². The van der Waals surface area contributed by atoms with Crippen LogP contribution in [-0.4, -0.2) is 46.0 Å². The zero-order valence-corrected chi connectivity index (χ0v) is 20.3. The summed E-state index contributed by atoms with van der Waals surface area (Å²) in [4.78, 5) is 50.5. The molecule has 0 fully saturated rings. The van der Waals surface area contributed by atoms with Crippen molar-refractivity contribution in [1.82, 2.24) is 9.47 Å². The minimum absolute atomic E-state index is 0.0225. The van der Waals surface area contributed by atoms with E-state index in [0.29, 0.717) is 24.2 Å².